The topological polar surface area (TPSA) is 64.3 Å². The summed E-state index contributed by atoms with van der Waals surface area (Å²) in [6, 6.07) is 5.69. The van der Waals surface area contributed by atoms with Crippen LogP contribution in [0.5, 0.6) is 0 Å². The first-order valence-electron chi connectivity index (χ1n) is 6.99. The monoisotopic (exact) mass is 262 g/mol. The van der Waals surface area contributed by atoms with E-state index in [0.29, 0.717) is 6.42 Å². The molecule has 19 heavy (non-hydrogen) atoms. The zero-order valence-corrected chi connectivity index (χ0v) is 11.4. The number of carbonyl (C=O) groups is 1. The number of hydrogen-bond acceptors (Lipinski definition) is 3. The predicted octanol–water partition coefficient (Wildman–Crippen LogP) is 2.73. The van der Waals surface area contributed by atoms with Crippen molar-refractivity contribution in [1.82, 2.24) is 0 Å². The number of rotatable bonds is 5. The van der Waals surface area contributed by atoms with Gasteiger partial charge in [0.15, 0.2) is 0 Å². The van der Waals surface area contributed by atoms with Crippen LogP contribution in [0.25, 0.3) is 0 Å². The van der Waals surface area contributed by atoms with Crippen molar-refractivity contribution in [3.63, 3.8) is 0 Å². The van der Waals surface area contributed by atoms with Gasteiger partial charge in [0.2, 0.25) is 5.91 Å². The summed E-state index contributed by atoms with van der Waals surface area (Å²) in [5.74, 6) is 0.0270. The highest BCUT2D eigenvalue weighted by molar-refractivity contribution is 5.91. The van der Waals surface area contributed by atoms with E-state index in [0.717, 1.165) is 49.2 Å². The van der Waals surface area contributed by atoms with E-state index in [9.17, 15) is 4.79 Å². The minimum atomic E-state index is 0.0270. The first-order valence-corrected chi connectivity index (χ1v) is 6.99. The lowest BCUT2D eigenvalue weighted by atomic mass is 10.1. The number of carbonyl (C=O) groups excluding carboxylic acids is 1. The Kier molecular flexibility index (Phi) is 4.80. The van der Waals surface area contributed by atoms with Gasteiger partial charge < -0.3 is 15.8 Å². The third-order valence-corrected chi connectivity index (χ3v) is 3.53. The lowest BCUT2D eigenvalue weighted by Crippen LogP contribution is -2.15. The van der Waals surface area contributed by atoms with Gasteiger partial charge in [-0.2, -0.15) is 0 Å². The average molecular weight is 262 g/mol. The number of amides is 1. The van der Waals surface area contributed by atoms with E-state index >= 15 is 0 Å². The molecule has 1 aromatic carbocycles. The van der Waals surface area contributed by atoms with Crippen LogP contribution in [0, 0.1) is 0 Å². The summed E-state index contributed by atoms with van der Waals surface area (Å²) in [5.41, 5.74) is 8.52. The third-order valence-electron chi connectivity index (χ3n) is 3.53. The van der Waals surface area contributed by atoms with Gasteiger partial charge in [-0.15, -0.1) is 0 Å². The van der Waals surface area contributed by atoms with E-state index in [1.165, 1.54) is 0 Å². The van der Waals surface area contributed by atoms with Gasteiger partial charge in [0, 0.05) is 24.4 Å². The molecule has 1 aromatic rings. The Hall–Kier alpha value is -1.55. The second kappa shape index (κ2) is 6.57. The van der Waals surface area contributed by atoms with E-state index in [1.807, 2.05) is 18.2 Å². The van der Waals surface area contributed by atoms with Crippen LogP contribution in [0.4, 0.5) is 11.4 Å². The molecule has 3 N–H and O–H groups in total. The fraction of sp³-hybridized carbons (Fsp3) is 0.533. The van der Waals surface area contributed by atoms with Crippen molar-refractivity contribution in [1.29, 1.82) is 0 Å². The number of aryl methyl sites for hydroxylation is 1. The van der Waals surface area contributed by atoms with Crippen molar-refractivity contribution < 1.29 is 9.53 Å². The lowest BCUT2D eigenvalue weighted by Gasteiger charge is -2.10. The molecule has 4 nitrogen and oxygen atoms in total. The van der Waals surface area contributed by atoms with Crippen LogP contribution in [0.3, 0.4) is 0 Å². The van der Waals surface area contributed by atoms with Crippen molar-refractivity contribution in [3.8, 4) is 0 Å². The maximum atomic E-state index is 11.8. The molecule has 4 heteroatoms. The summed E-state index contributed by atoms with van der Waals surface area (Å²) in [4.78, 5) is 11.8. The number of nitrogens with two attached hydrogens (primary N) is 1. The van der Waals surface area contributed by atoms with Gasteiger partial charge in [-0.1, -0.05) is 13.0 Å². The molecule has 0 aliphatic carbocycles. The Morgan fingerprint density at radius 1 is 1.53 bits per heavy atom. The highest BCUT2D eigenvalue weighted by Crippen LogP contribution is 2.20. The van der Waals surface area contributed by atoms with Crippen LogP contribution in [0.2, 0.25) is 0 Å². The summed E-state index contributed by atoms with van der Waals surface area (Å²) in [6.07, 6.45) is 4.65. The Bertz CT molecular complexity index is 440. The molecule has 0 saturated carbocycles. The lowest BCUT2D eigenvalue weighted by molar-refractivity contribution is -0.116. The molecule has 1 atom stereocenters. The van der Waals surface area contributed by atoms with Crippen molar-refractivity contribution in [2.75, 3.05) is 17.7 Å². The summed E-state index contributed by atoms with van der Waals surface area (Å²) in [6.45, 7) is 2.90. The molecule has 0 spiro atoms. The quantitative estimate of drug-likeness (QED) is 0.802. The minimum Gasteiger partial charge on any atom is -0.398 e. The molecule has 1 saturated heterocycles. The fourth-order valence-corrected chi connectivity index (χ4v) is 2.38. The first kappa shape index (κ1) is 13.9. The number of nitrogens with one attached hydrogen (secondary N) is 1. The summed E-state index contributed by atoms with van der Waals surface area (Å²) >= 11 is 0. The molecule has 1 heterocycles. The van der Waals surface area contributed by atoms with Crippen LogP contribution in [-0.4, -0.2) is 18.6 Å². The molecule has 0 bridgehead atoms. The second-order valence-corrected chi connectivity index (χ2v) is 4.99. The molecular formula is C15H22N2O2. The van der Waals surface area contributed by atoms with Gasteiger partial charge >= 0.3 is 0 Å². The van der Waals surface area contributed by atoms with Crippen molar-refractivity contribution in [2.24, 2.45) is 0 Å². The molecule has 1 aliphatic rings. The molecular weight excluding hydrogens is 240 g/mol. The maximum absolute atomic E-state index is 11.8. The van der Waals surface area contributed by atoms with Gasteiger partial charge in [0.05, 0.1) is 6.10 Å². The molecule has 1 unspecified atom stereocenters. The van der Waals surface area contributed by atoms with Gasteiger partial charge in [0.25, 0.3) is 0 Å². The maximum Gasteiger partial charge on any atom is 0.224 e. The van der Waals surface area contributed by atoms with Crippen LogP contribution < -0.4 is 11.1 Å². The fourth-order valence-electron chi connectivity index (χ4n) is 2.38. The first-order chi connectivity index (χ1) is 9.19. The van der Waals surface area contributed by atoms with E-state index < -0.39 is 0 Å². The van der Waals surface area contributed by atoms with Crippen molar-refractivity contribution >= 4 is 17.3 Å². The van der Waals surface area contributed by atoms with Crippen LogP contribution in [0.1, 0.15) is 38.2 Å². The van der Waals surface area contributed by atoms with E-state index in [-0.39, 0.29) is 12.0 Å². The second-order valence-electron chi connectivity index (χ2n) is 4.99. The van der Waals surface area contributed by atoms with Gasteiger partial charge in [-0.3, -0.25) is 4.79 Å². The number of ether oxygens (including phenoxy) is 1. The molecule has 104 valence electrons. The van der Waals surface area contributed by atoms with Gasteiger partial charge in [-0.05, 0) is 43.4 Å². The van der Waals surface area contributed by atoms with E-state index in [2.05, 4.69) is 12.2 Å². The van der Waals surface area contributed by atoms with Gasteiger partial charge in [-0.25, -0.2) is 0 Å². The Labute approximate surface area is 114 Å². The average Bonchev–Trinajstić information content (AvgIpc) is 2.90. The summed E-state index contributed by atoms with van der Waals surface area (Å²) in [7, 11) is 0. The highest BCUT2D eigenvalue weighted by atomic mass is 16.5. The summed E-state index contributed by atoms with van der Waals surface area (Å²) in [5, 5.41) is 2.88. The molecule has 1 fully saturated rings. The number of hydrogen-bond donors (Lipinski definition) is 2. The standard InChI is InChI=1S/C15H22N2O2/c1-2-11-5-6-12(10-14(11)16)17-15(18)8-7-13-4-3-9-19-13/h5-6,10,13H,2-4,7-9,16H2,1H3,(H,17,18). The number of benzene rings is 1. The smallest absolute Gasteiger partial charge is 0.224 e. The SMILES string of the molecule is CCc1ccc(NC(=O)CCC2CCCO2)cc1N. The Balaban J connectivity index is 1.82. The third kappa shape index (κ3) is 3.96. The van der Waals surface area contributed by atoms with Crippen LogP contribution in [0.15, 0.2) is 18.2 Å². The molecule has 1 amide bonds. The van der Waals surface area contributed by atoms with Crippen LogP contribution >= 0.6 is 0 Å². The molecule has 1 aliphatic heterocycles. The predicted molar refractivity (Wildman–Crippen MR) is 77.1 cm³/mol. The summed E-state index contributed by atoms with van der Waals surface area (Å²) < 4.78 is 5.50. The highest BCUT2D eigenvalue weighted by Gasteiger charge is 2.16. The number of anilines is 2. The van der Waals surface area contributed by atoms with Crippen molar-refractivity contribution in [3.05, 3.63) is 23.8 Å². The normalized spacial score (nSPS) is 18.5. The van der Waals surface area contributed by atoms with E-state index in [1.54, 1.807) is 0 Å². The molecule has 2 rings (SSSR count). The minimum absolute atomic E-state index is 0.0270. The molecule has 0 radical (unpaired) electrons. The van der Waals surface area contributed by atoms with Crippen LogP contribution in [-0.2, 0) is 16.0 Å². The van der Waals surface area contributed by atoms with Crippen molar-refractivity contribution in [2.45, 2.75) is 45.1 Å². The zero-order valence-electron chi connectivity index (χ0n) is 11.4. The Morgan fingerprint density at radius 2 is 2.37 bits per heavy atom. The largest absolute Gasteiger partial charge is 0.398 e. The Morgan fingerprint density at radius 3 is 3.00 bits per heavy atom. The van der Waals surface area contributed by atoms with Gasteiger partial charge in [0.1, 0.15) is 0 Å². The molecule has 0 aromatic heterocycles. The van der Waals surface area contributed by atoms with E-state index in [4.69, 9.17) is 10.5 Å². The zero-order chi connectivity index (χ0) is 13.7. The number of nitrogen functional groups attached to an aromatic ring is 1.